The van der Waals surface area contributed by atoms with Crippen LogP contribution in [0.2, 0.25) is 10.2 Å². The number of pyridine rings is 1. The van der Waals surface area contributed by atoms with Crippen molar-refractivity contribution in [2.24, 2.45) is 7.05 Å². The molecule has 0 spiro atoms. The van der Waals surface area contributed by atoms with E-state index in [0.29, 0.717) is 16.9 Å². The molecule has 0 saturated carbocycles. The van der Waals surface area contributed by atoms with Crippen LogP contribution in [0.4, 0.5) is 13.2 Å². The summed E-state index contributed by atoms with van der Waals surface area (Å²) in [5, 5.41) is 19.9. The van der Waals surface area contributed by atoms with E-state index < -0.39 is 18.5 Å². The molecule has 196 valence electrons. The minimum Gasteiger partial charge on any atom is -0.323 e. The molecular formula is C23H18Cl2F3N9O. The van der Waals surface area contributed by atoms with Crippen LogP contribution in [-0.2, 0) is 11.8 Å². The lowest BCUT2D eigenvalue weighted by atomic mass is 10.0. The molecule has 5 aromatic rings. The fourth-order valence-corrected chi connectivity index (χ4v) is 4.28. The zero-order valence-corrected chi connectivity index (χ0v) is 21.1. The Morgan fingerprint density at radius 2 is 1.84 bits per heavy atom. The number of nitrogens with zero attached hydrogens (tertiary/aromatic N) is 9. The first-order chi connectivity index (χ1) is 18.3. The summed E-state index contributed by atoms with van der Waals surface area (Å²) in [6.07, 6.45) is 7.98. The third-order valence-corrected chi connectivity index (χ3v) is 6.23. The van der Waals surface area contributed by atoms with Crippen molar-refractivity contribution in [1.82, 2.24) is 44.8 Å². The zero-order valence-electron chi connectivity index (χ0n) is 19.6. The smallest absolute Gasteiger partial charge is 0.323 e. The lowest BCUT2D eigenvalue weighted by Gasteiger charge is -2.18. The van der Waals surface area contributed by atoms with E-state index in [1.807, 2.05) is 0 Å². The average Bonchev–Trinajstić information content (AvgIpc) is 3.65. The van der Waals surface area contributed by atoms with Crippen molar-refractivity contribution >= 4 is 23.2 Å². The highest BCUT2D eigenvalue weighted by Gasteiger charge is 2.21. The molecular weight excluding hydrogens is 546 g/mol. The van der Waals surface area contributed by atoms with Crippen LogP contribution in [0.15, 0.2) is 55.2 Å². The van der Waals surface area contributed by atoms with Gasteiger partial charge in [-0.05, 0) is 24.6 Å². The Morgan fingerprint density at radius 1 is 1.00 bits per heavy atom. The van der Waals surface area contributed by atoms with Gasteiger partial charge in [0.2, 0.25) is 0 Å². The number of aryl methyl sites for hydroxylation is 1. The lowest BCUT2D eigenvalue weighted by molar-refractivity contribution is -0.130. The van der Waals surface area contributed by atoms with E-state index in [-0.39, 0.29) is 28.8 Å². The third-order valence-electron chi connectivity index (χ3n) is 5.77. The number of ether oxygens (including phenoxy) is 1. The Morgan fingerprint density at radius 3 is 2.50 bits per heavy atom. The zero-order chi connectivity index (χ0) is 26.8. The van der Waals surface area contributed by atoms with E-state index in [0.717, 1.165) is 11.3 Å². The standard InChI is InChI=1S/C23H18Cl2F3N9O/c1-35-19(10-30-33-35)14-9-31-36(11-14)17(6-7-38-23(27)28)16-4-2-13(8-29-16)21-18(5-3-15(24)22(21)26)37-12-20(25)32-34-37/h2-5,8-12,17,23H,6-7H2,1H3. The van der Waals surface area contributed by atoms with Gasteiger partial charge in [0, 0.05) is 36.1 Å². The third kappa shape index (κ3) is 5.26. The van der Waals surface area contributed by atoms with Crippen molar-refractivity contribution in [3.8, 4) is 28.1 Å². The predicted molar refractivity (Wildman–Crippen MR) is 132 cm³/mol. The molecule has 0 aliphatic heterocycles. The molecule has 0 aliphatic carbocycles. The maximum atomic E-state index is 15.2. The van der Waals surface area contributed by atoms with Gasteiger partial charge in [-0.2, -0.15) is 13.9 Å². The maximum Gasteiger partial charge on any atom is 0.345 e. The highest BCUT2D eigenvalue weighted by atomic mass is 35.5. The van der Waals surface area contributed by atoms with Crippen molar-refractivity contribution in [1.29, 1.82) is 0 Å². The summed E-state index contributed by atoms with van der Waals surface area (Å²) in [6.45, 7) is -3.15. The fraction of sp³-hybridized carbons (Fsp3) is 0.217. The highest BCUT2D eigenvalue weighted by Crippen LogP contribution is 2.34. The van der Waals surface area contributed by atoms with Crippen LogP contribution in [0.1, 0.15) is 18.2 Å². The summed E-state index contributed by atoms with van der Waals surface area (Å²) < 4.78 is 49.5. The van der Waals surface area contributed by atoms with Crippen LogP contribution >= 0.6 is 23.2 Å². The molecule has 1 atom stereocenters. The quantitative estimate of drug-likeness (QED) is 0.249. The van der Waals surface area contributed by atoms with Crippen LogP contribution < -0.4 is 0 Å². The van der Waals surface area contributed by atoms with Gasteiger partial charge in [-0.25, -0.2) is 13.8 Å². The first kappa shape index (κ1) is 25.8. The lowest BCUT2D eigenvalue weighted by Crippen LogP contribution is -2.16. The molecule has 1 unspecified atom stereocenters. The maximum absolute atomic E-state index is 15.2. The number of alkyl halides is 2. The van der Waals surface area contributed by atoms with Crippen LogP contribution in [0, 0.1) is 5.82 Å². The number of benzene rings is 1. The van der Waals surface area contributed by atoms with Crippen LogP contribution in [0.25, 0.3) is 28.1 Å². The second-order valence-electron chi connectivity index (χ2n) is 8.10. The van der Waals surface area contributed by atoms with Crippen LogP contribution in [0.3, 0.4) is 0 Å². The van der Waals surface area contributed by atoms with Gasteiger partial charge in [-0.3, -0.25) is 9.67 Å². The van der Waals surface area contributed by atoms with Gasteiger partial charge < -0.3 is 4.74 Å². The molecule has 0 bridgehead atoms. The van der Waals surface area contributed by atoms with Gasteiger partial charge in [0.05, 0.1) is 53.3 Å². The molecule has 0 N–H and O–H groups in total. The van der Waals surface area contributed by atoms with Crippen LogP contribution in [0.5, 0.6) is 0 Å². The molecule has 38 heavy (non-hydrogen) atoms. The summed E-state index contributed by atoms with van der Waals surface area (Å²) in [6, 6.07) is 5.74. The minimum atomic E-state index is -2.91. The Hall–Kier alpha value is -3.81. The van der Waals surface area contributed by atoms with Gasteiger partial charge in [-0.1, -0.05) is 39.7 Å². The first-order valence-electron chi connectivity index (χ1n) is 11.1. The molecule has 0 amide bonds. The van der Waals surface area contributed by atoms with Crippen molar-refractivity contribution in [3.63, 3.8) is 0 Å². The Labute approximate surface area is 223 Å². The van der Waals surface area contributed by atoms with Crippen molar-refractivity contribution in [3.05, 3.63) is 76.9 Å². The predicted octanol–water partition coefficient (Wildman–Crippen LogP) is 4.99. The molecule has 0 radical (unpaired) electrons. The summed E-state index contributed by atoms with van der Waals surface area (Å²) in [5.74, 6) is -0.672. The minimum absolute atomic E-state index is 0.0882. The van der Waals surface area contributed by atoms with E-state index in [4.69, 9.17) is 23.2 Å². The number of hydrogen-bond donors (Lipinski definition) is 0. The van der Waals surface area contributed by atoms with Gasteiger partial charge >= 0.3 is 6.61 Å². The normalized spacial score (nSPS) is 12.4. The molecule has 5 rings (SSSR count). The summed E-state index contributed by atoms with van der Waals surface area (Å²) in [7, 11) is 1.74. The molecule has 1 aromatic carbocycles. The molecule has 15 heteroatoms. The number of halogens is 5. The van der Waals surface area contributed by atoms with E-state index in [1.54, 1.807) is 53.2 Å². The highest BCUT2D eigenvalue weighted by molar-refractivity contribution is 6.31. The van der Waals surface area contributed by atoms with Crippen molar-refractivity contribution < 1.29 is 17.9 Å². The SMILES string of the molecule is Cn1nncc1-c1cnn(C(CCOC(F)F)c2ccc(-c3c(-n4cc(Cl)nn4)ccc(Cl)c3F)cn2)c1. The molecule has 0 fully saturated rings. The largest absolute Gasteiger partial charge is 0.345 e. The van der Waals surface area contributed by atoms with Gasteiger partial charge in [0.1, 0.15) is 0 Å². The van der Waals surface area contributed by atoms with Gasteiger partial charge in [-0.15, -0.1) is 10.2 Å². The second kappa shape index (κ2) is 10.9. The number of aromatic nitrogens is 9. The van der Waals surface area contributed by atoms with Crippen molar-refractivity contribution in [2.75, 3.05) is 6.61 Å². The van der Waals surface area contributed by atoms with E-state index in [2.05, 4.69) is 35.4 Å². The number of hydrogen-bond acceptors (Lipinski definition) is 7. The monoisotopic (exact) mass is 563 g/mol. The molecule has 4 aromatic heterocycles. The van der Waals surface area contributed by atoms with Gasteiger partial charge in [0.15, 0.2) is 11.0 Å². The Kier molecular flexibility index (Phi) is 7.40. The Balaban J connectivity index is 1.51. The molecule has 4 heterocycles. The van der Waals surface area contributed by atoms with E-state index >= 15 is 4.39 Å². The topological polar surface area (TPSA) is 101 Å². The first-order valence-corrected chi connectivity index (χ1v) is 11.9. The molecule has 10 nitrogen and oxygen atoms in total. The summed E-state index contributed by atoms with van der Waals surface area (Å²) >= 11 is 12.0. The molecule has 0 aliphatic rings. The summed E-state index contributed by atoms with van der Waals surface area (Å²) in [5.41, 5.74) is 2.84. The molecule has 0 saturated heterocycles. The Bertz CT molecular complexity index is 1550. The average molecular weight is 564 g/mol. The second-order valence-corrected chi connectivity index (χ2v) is 8.90. The number of rotatable bonds is 9. The fourth-order valence-electron chi connectivity index (χ4n) is 3.99. The van der Waals surface area contributed by atoms with E-state index in [9.17, 15) is 8.78 Å². The van der Waals surface area contributed by atoms with Gasteiger partial charge in [0.25, 0.3) is 0 Å². The summed E-state index contributed by atoms with van der Waals surface area (Å²) in [4.78, 5) is 4.51. The van der Waals surface area contributed by atoms with Crippen LogP contribution in [-0.4, -0.2) is 58.0 Å². The van der Waals surface area contributed by atoms with Crippen molar-refractivity contribution in [2.45, 2.75) is 19.1 Å². The van der Waals surface area contributed by atoms with E-state index in [1.165, 1.54) is 23.1 Å².